The van der Waals surface area contributed by atoms with Gasteiger partial charge in [-0.2, -0.15) is 0 Å². The Hall–Kier alpha value is -0.361. The molecule has 0 amide bonds. The van der Waals surface area contributed by atoms with Gasteiger partial charge >= 0.3 is 180 Å². The van der Waals surface area contributed by atoms with Crippen molar-refractivity contribution < 1.29 is 0 Å². The van der Waals surface area contributed by atoms with Gasteiger partial charge in [0.2, 0.25) is 0 Å². The molecule has 2 rings (SSSR count). The van der Waals surface area contributed by atoms with E-state index >= 15 is 0 Å². The molecule has 27 heavy (non-hydrogen) atoms. The second-order valence-corrected chi connectivity index (χ2v) is 33.9. The minimum absolute atomic E-state index is 0.325. The number of pyridine rings is 2. The van der Waals surface area contributed by atoms with Gasteiger partial charge in [-0.05, 0) is 0 Å². The first-order valence-corrected chi connectivity index (χ1v) is 22.8. The van der Waals surface area contributed by atoms with Crippen molar-refractivity contribution in [2.45, 2.75) is 61.5 Å². The molecule has 0 aliphatic rings. The molecule has 6 heteroatoms. The summed E-state index contributed by atoms with van der Waals surface area (Å²) in [7, 11) is -4.59. The zero-order valence-electron chi connectivity index (χ0n) is 18.5. The second-order valence-electron chi connectivity index (χ2n) is 10.4. The van der Waals surface area contributed by atoms with Gasteiger partial charge in [-0.25, -0.2) is 0 Å². The van der Waals surface area contributed by atoms with E-state index in [4.69, 9.17) is 9.97 Å². The fourth-order valence-corrected chi connectivity index (χ4v) is 32.0. The van der Waals surface area contributed by atoms with Crippen molar-refractivity contribution in [1.29, 1.82) is 0 Å². The molecule has 0 N–H and O–H groups in total. The van der Waals surface area contributed by atoms with E-state index in [0.717, 1.165) is 0 Å². The van der Waals surface area contributed by atoms with E-state index in [2.05, 4.69) is 89.3 Å². The maximum absolute atomic E-state index is 5.00. The van der Waals surface area contributed by atoms with Gasteiger partial charge in [-0.1, -0.05) is 0 Å². The molecule has 2 aromatic heterocycles. The average Bonchev–Trinajstić information content (AvgIpc) is 2.53. The van der Waals surface area contributed by atoms with Crippen molar-refractivity contribution >= 4 is 48.4 Å². The van der Waals surface area contributed by atoms with E-state index in [1.807, 2.05) is 18.5 Å². The zero-order chi connectivity index (χ0) is 20.5. The van der Waals surface area contributed by atoms with Crippen molar-refractivity contribution in [3.63, 3.8) is 0 Å². The molecule has 0 fully saturated rings. The number of rotatable bonds is 6. The topological polar surface area (TPSA) is 25.8 Å². The Kier molecular flexibility index (Phi) is 6.94. The molecule has 0 spiro atoms. The normalized spacial score (nSPS) is 14.3. The fourth-order valence-electron chi connectivity index (χ4n) is 4.14. The van der Waals surface area contributed by atoms with Gasteiger partial charge in [0.1, 0.15) is 0 Å². The molecule has 2 aromatic rings. The van der Waals surface area contributed by atoms with Crippen LogP contribution >= 0.6 is 0 Å². The summed E-state index contributed by atoms with van der Waals surface area (Å²) in [4.78, 5) is 9.83. The fraction of sp³-hybridized carbons (Fsp3) is 0.476. The first kappa shape index (κ1) is 22.9. The van der Waals surface area contributed by atoms with Crippen molar-refractivity contribution in [3.05, 3.63) is 60.2 Å². The molecule has 0 saturated carbocycles. The number of aromatic nitrogens is 2. The van der Waals surface area contributed by atoms with Gasteiger partial charge in [-0.15, -0.1) is 0 Å². The Labute approximate surface area is 179 Å². The molecular formula is C21H35N2SbSi3. The van der Waals surface area contributed by atoms with Gasteiger partial charge < -0.3 is 0 Å². The zero-order valence-corrected chi connectivity index (χ0v) is 24.0. The van der Waals surface area contributed by atoms with Crippen LogP contribution in [-0.2, 0) is 2.61 Å². The first-order valence-electron chi connectivity index (χ1n) is 9.74. The molecule has 2 nitrogen and oxygen atoms in total. The van der Waals surface area contributed by atoms with E-state index in [0.29, 0.717) is 2.61 Å². The van der Waals surface area contributed by atoms with Crippen LogP contribution in [0.2, 0.25) is 58.9 Å². The minimum atomic E-state index is -1.55. The van der Waals surface area contributed by atoms with Crippen LogP contribution in [0.1, 0.15) is 11.4 Å². The number of hydrogen-bond acceptors (Lipinski definition) is 2. The molecule has 146 valence electrons. The van der Waals surface area contributed by atoms with Crippen LogP contribution in [0.5, 0.6) is 0 Å². The van der Waals surface area contributed by atoms with Crippen LogP contribution in [0.4, 0.5) is 0 Å². The van der Waals surface area contributed by atoms with Crippen molar-refractivity contribution in [3.8, 4) is 0 Å². The molecular weight excluding hydrogens is 486 g/mol. The van der Waals surface area contributed by atoms with Crippen LogP contribution in [0, 0.1) is 0 Å². The molecule has 0 aliphatic carbocycles. The molecule has 0 aromatic carbocycles. The van der Waals surface area contributed by atoms with Crippen molar-refractivity contribution in [2.75, 3.05) is 0 Å². The Balaban J connectivity index is 2.94. The van der Waals surface area contributed by atoms with E-state index in [9.17, 15) is 0 Å². The van der Waals surface area contributed by atoms with E-state index in [1.165, 1.54) is 11.4 Å². The molecule has 2 heterocycles. The van der Waals surface area contributed by atoms with Gasteiger partial charge in [-0.3, -0.25) is 0 Å². The molecule has 0 radical (unpaired) electrons. The Morgan fingerprint density at radius 3 is 1.63 bits per heavy atom. The van der Waals surface area contributed by atoms with Gasteiger partial charge in [0.25, 0.3) is 0 Å². The third-order valence-corrected chi connectivity index (χ3v) is 38.5. The maximum atomic E-state index is 5.00. The van der Waals surface area contributed by atoms with Crippen LogP contribution in [0.3, 0.4) is 0 Å². The Morgan fingerprint density at radius 1 is 0.741 bits per heavy atom. The van der Waals surface area contributed by atoms with Crippen LogP contribution in [-0.4, -0.2) is 58.4 Å². The SMILES string of the molecule is C[Si](C)(C)[C](=[Sb][C](c1ccccn1)([Si](C)(C)C)[Si](C)(C)C)c1ccccn1. The van der Waals surface area contributed by atoms with Gasteiger partial charge in [0.05, 0.1) is 0 Å². The summed E-state index contributed by atoms with van der Waals surface area (Å²) in [5.74, 6) is 0. The van der Waals surface area contributed by atoms with E-state index in [1.54, 1.807) is 3.07 Å². The predicted molar refractivity (Wildman–Crippen MR) is 130 cm³/mol. The molecule has 0 aliphatic heterocycles. The predicted octanol–water partition coefficient (Wildman–Crippen LogP) is 5.23. The summed E-state index contributed by atoms with van der Waals surface area (Å²) in [5, 5.41) is 0. The third kappa shape index (κ3) is 4.80. The number of hydrogen-bond donors (Lipinski definition) is 0. The van der Waals surface area contributed by atoms with Crippen LogP contribution < -0.4 is 0 Å². The summed E-state index contributed by atoms with van der Waals surface area (Å²) in [6, 6.07) is 13.0. The standard InChI is InChI=1S/C12H22NSi2.C9H13NSi.Sb/c1-14(2,3)12(15(4,5)6)11-9-7-8-10-13-11;1-11(2,3)8-9-6-4-5-7-10-9;/h7-10H,1-6H3;4-7H,1-3H3;. The van der Waals surface area contributed by atoms with Crippen LogP contribution in [0.15, 0.2) is 48.8 Å². The summed E-state index contributed by atoms with van der Waals surface area (Å²) in [5.41, 5.74) is 2.65. The molecule has 0 saturated heterocycles. The van der Waals surface area contributed by atoms with Gasteiger partial charge in [0, 0.05) is 0 Å². The van der Waals surface area contributed by atoms with Gasteiger partial charge in [0.15, 0.2) is 0 Å². The quantitative estimate of drug-likeness (QED) is 0.487. The van der Waals surface area contributed by atoms with Crippen molar-refractivity contribution in [2.24, 2.45) is 0 Å². The molecule has 0 atom stereocenters. The van der Waals surface area contributed by atoms with Crippen LogP contribution in [0.25, 0.3) is 0 Å². The van der Waals surface area contributed by atoms with E-state index < -0.39 is 45.4 Å². The Bertz CT molecular complexity index is 772. The van der Waals surface area contributed by atoms with E-state index in [-0.39, 0.29) is 0 Å². The third-order valence-electron chi connectivity index (χ3n) is 5.10. The summed E-state index contributed by atoms with van der Waals surface area (Å²) >= 11 is -0.737. The molecule has 0 unspecified atom stereocenters. The summed E-state index contributed by atoms with van der Waals surface area (Å²) in [6.07, 6.45) is 3.98. The van der Waals surface area contributed by atoms with Crippen molar-refractivity contribution in [1.82, 2.24) is 9.97 Å². The number of nitrogens with zero attached hydrogens (tertiary/aromatic N) is 2. The summed E-state index contributed by atoms with van der Waals surface area (Å²) in [6.45, 7) is 23.0. The second kappa shape index (κ2) is 8.17. The molecule has 0 bridgehead atoms. The first-order chi connectivity index (χ1) is 12.3. The average molecular weight is 522 g/mol. The summed E-state index contributed by atoms with van der Waals surface area (Å²) < 4.78 is 2.07. The monoisotopic (exact) mass is 520 g/mol. The Morgan fingerprint density at radius 2 is 1.26 bits per heavy atom.